The molecule has 4 nitrogen and oxygen atoms in total. The molecule has 15 heavy (non-hydrogen) atoms. The molecule has 2 fully saturated rings. The molecule has 0 aliphatic carbocycles. The van der Waals surface area contributed by atoms with Gasteiger partial charge in [-0.05, 0) is 25.7 Å². The zero-order valence-electron chi connectivity index (χ0n) is 9.02. The summed E-state index contributed by atoms with van der Waals surface area (Å²) in [5.41, 5.74) is 0. The minimum absolute atomic E-state index is 0.0644. The second kappa shape index (κ2) is 4.78. The number of rotatable bonds is 2. The highest BCUT2D eigenvalue weighted by molar-refractivity contribution is 4.83. The molecule has 2 atom stereocenters. The Labute approximate surface area is 90.2 Å². The number of hydrogen-bond donors (Lipinski definition) is 2. The fraction of sp³-hybridized carbons (Fsp3) is 1.00. The van der Waals surface area contributed by atoms with Gasteiger partial charge in [-0.3, -0.25) is 0 Å². The first kappa shape index (κ1) is 11.3. The Morgan fingerprint density at radius 2 is 1.40 bits per heavy atom. The van der Waals surface area contributed by atoms with E-state index in [1.54, 1.807) is 0 Å². The highest BCUT2D eigenvalue weighted by atomic mass is 16.7. The van der Waals surface area contributed by atoms with Gasteiger partial charge in [0.05, 0.1) is 25.4 Å². The van der Waals surface area contributed by atoms with E-state index in [0.29, 0.717) is 0 Å². The Morgan fingerprint density at radius 3 is 1.80 bits per heavy atom. The molecular formula is C11H20O4. The maximum atomic E-state index is 9.10. The van der Waals surface area contributed by atoms with Crippen LogP contribution in [-0.2, 0) is 9.47 Å². The van der Waals surface area contributed by atoms with Crippen LogP contribution < -0.4 is 0 Å². The van der Waals surface area contributed by atoms with Crippen LogP contribution >= 0.6 is 0 Å². The van der Waals surface area contributed by atoms with Crippen molar-refractivity contribution in [3.8, 4) is 0 Å². The van der Waals surface area contributed by atoms with Gasteiger partial charge in [-0.25, -0.2) is 0 Å². The predicted octanol–water partition coefficient (Wildman–Crippen LogP) is 0.805. The van der Waals surface area contributed by atoms with Crippen molar-refractivity contribution in [1.82, 2.24) is 0 Å². The normalized spacial score (nSPS) is 35.6. The summed E-state index contributed by atoms with van der Waals surface area (Å²) in [6.45, 7) is 0.129. The molecular weight excluding hydrogens is 196 g/mol. The van der Waals surface area contributed by atoms with E-state index in [9.17, 15) is 0 Å². The third kappa shape index (κ3) is 2.50. The van der Waals surface area contributed by atoms with Crippen LogP contribution in [0, 0.1) is 0 Å². The minimum atomic E-state index is -0.517. The Morgan fingerprint density at radius 1 is 0.933 bits per heavy atom. The molecule has 0 saturated carbocycles. The zero-order chi connectivity index (χ0) is 10.7. The Balaban J connectivity index is 1.98. The van der Waals surface area contributed by atoms with Crippen molar-refractivity contribution >= 4 is 0 Å². The number of aliphatic hydroxyl groups is 2. The molecule has 2 N–H and O–H groups in total. The summed E-state index contributed by atoms with van der Waals surface area (Å²) in [5.74, 6) is -0.517. The molecule has 4 heteroatoms. The monoisotopic (exact) mass is 216 g/mol. The summed E-state index contributed by atoms with van der Waals surface area (Å²) in [6.07, 6.45) is 5.48. The van der Waals surface area contributed by atoms with E-state index in [4.69, 9.17) is 19.7 Å². The van der Waals surface area contributed by atoms with Gasteiger partial charge in [0.2, 0.25) is 0 Å². The lowest BCUT2D eigenvalue weighted by atomic mass is 9.93. The lowest BCUT2D eigenvalue weighted by Crippen LogP contribution is -2.49. The summed E-state index contributed by atoms with van der Waals surface area (Å²) in [5, 5.41) is 18.2. The molecule has 2 aliphatic rings. The minimum Gasteiger partial charge on any atom is -0.394 e. The van der Waals surface area contributed by atoms with Gasteiger partial charge in [0.1, 0.15) is 0 Å². The number of hydrogen-bond acceptors (Lipinski definition) is 4. The van der Waals surface area contributed by atoms with E-state index in [1.807, 2.05) is 0 Å². The van der Waals surface area contributed by atoms with Crippen LogP contribution in [-0.4, -0.2) is 41.4 Å². The second-order valence-corrected chi connectivity index (χ2v) is 4.54. The lowest BCUT2D eigenvalue weighted by Gasteiger charge is -2.45. The van der Waals surface area contributed by atoms with E-state index >= 15 is 0 Å². The maximum Gasteiger partial charge on any atom is 0.169 e. The Hall–Kier alpha value is -0.160. The lowest BCUT2D eigenvalue weighted by molar-refractivity contribution is -0.320. The predicted molar refractivity (Wildman–Crippen MR) is 54.4 cm³/mol. The van der Waals surface area contributed by atoms with Gasteiger partial charge in [0, 0.05) is 12.8 Å². The van der Waals surface area contributed by atoms with Crippen molar-refractivity contribution in [2.75, 3.05) is 13.2 Å². The number of ether oxygens (including phenoxy) is 2. The van der Waals surface area contributed by atoms with Gasteiger partial charge in [-0.15, -0.1) is 0 Å². The summed E-state index contributed by atoms with van der Waals surface area (Å²) >= 11 is 0. The van der Waals surface area contributed by atoms with Crippen LogP contribution in [0.3, 0.4) is 0 Å². The molecule has 0 unspecified atom stereocenters. The van der Waals surface area contributed by atoms with E-state index in [1.165, 1.54) is 0 Å². The first-order valence-corrected chi connectivity index (χ1v) is 5.85. The van der Waals surface area contributed by atoms with Crippen LogP contribution in [0.4, 0.5) is 0 Å². The molecule has 2 saturated heterocycles. The molecule has 0 radical (unpaired) electrons. The molecule has 1 spiro atoms. The second-order valence-electron chi connectivity index (χ2n) is 4.54. The first-order valence-electron chi connectivity index (χ1n) is 5.85. The van der Waals surface area contributed by atoms with Crippen molar-refractivity contribution in [3.05, 3.63) is 0 Å². The molecule has 2 aliphatic heterocycles. The van der Waals surface area contributed by atoms with Gasteiger partial charge >= 0.3 is 0 Å². The molecule has 0 aromatic rings. The van der Waals surface area contributed by atoms with E-state index < -0.39 is 5.79 Å². The molecule has 0 amide bonds. The molecule has 88 valence electrons. The molecule has 2 rings (SSSR count). The fourth-order valence-corrected chi connectivity index (χ4v) is 2.57. The zero-order valence-corrected chi connectivity index (χ0v) is 9.02. The van der Waals surface area contributed by atoms with E-state index in [-0.39, 0.29) is 25.4 Å². The average Bonchev–Trinajstić information content (AvgIpc) is 2.29. The quantitative estimate of drug-likeness (QED) is 0.717. The van der Waals surface area contributed by atoms with E-state index in [2.05, 4.69) is 0 Å². The van der Waals surface area contributed by atoms with Crippen LogP contribution in [0.15, 0.2) is 0 Å². The molecule has 2 heterocycles. The van der Waals surface area contributed by atoms with Crippen LogP contribution in [0.25, 0.3) is 0 Å². The molecule has 0 aromatic carbocycles. The van der Waals surface area contributed by atoms with Crippen LogP contribution in [0.5, 0.6) is 0 Å². The molecule has 0 aromatic heterocycles. The first-order chi connectivity index (χ1) is 7.28. The third-order valence-corrected chi connectivity index (χ3v) is 3.34. The van der Waals surface area contributed by atoms with Crippen LogP contribution in [0.2, 0.25) is 0 Å². The van der Waals surface area contributed by atoms with E-state index in [0.717, 1.165) is 38.5 Å². The smallest absolute Gasteiger partial charge is 0.169 e. The molecule has 0 bridgehead atoms. The van der Waals surface area contributed by atoms with Gasteiger partial charge in [0.15, 0.2) is 5.79 Å². The van der Waals surface area contributed by atoms with Gasteiger partial charge in [-0.2, -0.15) is 0 Å². The largest absolute Gasteiger partial charge is 0.394 e. The van der Waals surface area contributed by atoms with Crippen molar-refractivity contribution < 1.29 is 19.7 Å². The van der Waals surface area contributed by atoms with Crippen molar-refractivity contribution in [3.63, 3.8) is 0 Å². The van der Waals surface area contributed by atoms with Gasteiger partial charge in [-0.1, -0.05) is 0 Å². The van der Waals surface area contributed by atoms with Crippen LogP contribution in [0.1, 0.15) is 38.5 Å². The summed E-state index contributed by atoms with van der Waals surface area (Å²) in [4.78, 5) is 0. The summed E-state index contributed by atoms with van der Waals surface area (Å²) in [6, 6.07) is 0. The maximum absolute atomic E-state index is 9.10. The van der Waals surface area contributed by atoms with Gasteiger partial charge < -0.3 is 19.7 Å². The SMILES string of the molecule is OC[C@@H]1CCCC2(CCC[C@@H](CO)O2)O1. The Bertz CT molecular complexity index is 185. The Kier molecular flexibility index (Phi) is 3.61. The summed E-state index contributed by atoms with van der Waals surface area (Å²) in [7, 11) is 0. The van der Waals surface area contributed by atoms with Crippen molar-refractivity contribution in [2.45, 2.75) is 56.5 Å². The fourth-order valence-electron chi connectivity index (χ4n) is 2.57. The highest BCUT2D eigenvalue weighted by Gasteiger charge is 2.42. The highest BCUT2D eigenvalue weighted by Crippen LogP contribution is 2.38. The number of aliphatic hydroxyl groups excluding tert-OH is 2. The van der Waals surface area contributed by atoms with Crippen molar-refractivity contribution in [2.24, 2.45) is 0 Å². The third-order valence-electron chi connectivity index (χ3n) is 3.34. The average molecular weight is 216 g/mol. The summed E-state index contributed by atoms with van der Waals surface area (Å²) < 4.78 is 11.6. The van der Waals surface area contributed by atoms with Crippen molar-refractivity contribution in [1.29, 1.82) is 0 Å². The van der Waals surface area contributed by atoms with Gasteiger partial charge in [0.25, 0.3) is 0 Å². The topological polar surface area (TPSA) is 58.9 Å². The standard InChI is InChI=1S/C11H20O4/c12-7-9-3-1-5-11(14-9)6-2-4-10(8-13)15-11/h9-10,12-13H,1-8H2/t9-,10-,11?/m0/s1.